The number of amides is 2. The highest BCUT2D eigenvalue weighted by atomic mass is 35.5. The van der Waals surface area contributed by atoms with Crippen molar-refractivity contribution in [3.05, 3.63) is 62.9 Å². The number of carbonyl (C=O) groups is 2. The van der Waals surface area contributed by atoms with E-state index in [9.17, 15) is 24.1 Å². The van der Waals surface area contributed by atoms with Crippen LogP contribution in [0.5, 0.6) is 0 Å². The Bertz CT molecular complexity index is 977. The minimum Gasteiger partial charge on any atom is -0.362 e. The van der Waals surface area contributed by atoms with Gasteiger partial charge >= 0.3 is 0 Å². The van der Waals surface area contributed by atoms with Gasteiger partial charge in [0, 0.05) is 49.8 Å². The number of halogens is 2. The first-order valence-corrected chi connectivity index (χ1v) is 9.19. The first kappa shape index (κ1) is 20.5. The maximum Gasteiger partial charge on any atom is 0.293 e. The third-order valence-corrected chi connectivity index (χ3v) is 4.91. The fourth-order valence-corrected chi connectivity index (χ4v) is 3.30. The highest BCUT2D eigenvalue weighted by molar-refractivity contribution is 6.31. The van der Waals surface area contributed by atoms with Gasteiger partial charge in [-0.1, -0.05) is 11.6 Å². The second kappa shape index (κ2) is 8.44. The van der Waals surface area contributed by atoms with E-state index in [1.54, 1.807) is 9.80 Å². The fraction of sp³-hybridized carbons (Fsp3) is 0.263. The predicted octanol–water partition coefficient (Wildman–Crippen LogP) is 3.31. The van der Waals surface area contributed by atoms with E-state index in [-0.39, 0.29) is 27.9 Å². The number of nitro benzene ring substituents is 1. The summed E-state index contributed by atoms with van der Waals surface area (Å²) in [5.41, 5.74) is 0.0287. The van der Waals surface area contributed by atoms with Crippen LogP contribution in [0.4, 0.5) is 21.5 Å². The van der Waals surface area contributed by atoms with Gasteiger partial charge in [-0.2, -0.15) is 0 Å². The van der Waals surface area contributed by atoms with Gasteiger partial charge in [-0.05, 0) is 30.3 Å². The van der Waals surface area contributed by atoms with Crippen molar-refractivity contribution in [1.29, 1.82) is 0 Å². The number of carbonyl (C=O) groups excluding carboxylic acids is 2. The molecule has 0 aromatic heterocycles. The molecule has 1 fully saturated rings. The van der Waals surface area contributed by atoms with Crippen LogP contribution in [0.15, 0.2) is 36.4 Å². The molecule has 0 aliphatic carbocycles. The van der Waals surface area contributed by atoms with Gasteiger partial charge in [-0.15, -0.1) is 0 Å². The molecule has 1 N–H and O–H groups in total. The number of nitro groups is 1. The molecule has 8 nitrogen and oxygen atoms in total. The number of nitrogens with zero attached hydrogens (tertiary/aromatic N) is 3. The van der Waals surface area contributed by atoms with Crippen LogP contribution in [-0.4, -0.2) is 47.8 Å². The van der Waals surface area contributed by atoms with Crippen molar-refractivity contribution < 1.29 is 18.9 Å². The van der Waals surface area contributed by atoms with Crippen LogP contribution in [-0.2, 0) is 4.79 Å². The minimum atomic E-state index is -0.692. The lowest BCUT2D eigenvalue weighted by Gasteiger charge is -2.35. The molecule has 2 amide bonds. The van der Waals surface area contributed by atoms with Gasteiger partial charge in [0.15, 0.2) is 0 Å². The molecule has 1 heterocycles. The molecule has 1 aliphatic heterocycles. The Hall–Kier alpha value is -3.20. The Balaban J connectivity index is 1.82. The summed E-state index contributed by atoms with van der Waals surface area (Å²) >= 11 is 5.81. The predicted molar refractivity (Wildman–Crippen MR) is 107 cm³/mol. The number of hydrogen-bond acceptors (Lipinski definition) is 5. The summed E-state index contributed by atoms with van der Waals surface area (Å²) in [6, 6.07) is 7.81. The summed E-state index contributed by atoms with van der Waals surface area (Å²) in [6.07, 6.45) is 0. The normalized spacial score (nSPS) is 13.9. The van der Waals surface area contributed by atoms with Crippen LogP contribution in [0.3, 0.4) is 0 Å². The lowest BCUT2D eigenvalue weighted by atomic mass is 10.1. The van der Waals surface area contributed by atoms with E-state index < -0.39 is 16.6 Å². The van der Waals surface area contributed by atoms with Crippen LogP contribution in [0.25, 0.3) is 0 Å². The summed E-state index contributed by atoms with van der Waals surface area (Å²) in [6.45, 7) is 3.29. The zero-order valence-corrected chi connectivity index (χ0v) is 16.3. The SMILES string of the molecule is CC(=O)N1CCN(c2ccc(C(=O)Nc3cc(Cl)ccc3F)cc2[N+](=O)[O-])CC1. The van der Waals surface area contributed by atoms with E-state index in [0.29, 0.717) is 31.9 Å². The second-order valence-electron chi connectivity index (χ2n) is 6.53. The molecule has 0 atom stereocenters. The van der Waals surface area contributed by atoms with E-state index in [1.165, 1.54) is 31.2 Å². The van der Waals surface area contributed by atoms with Gasteiger partial charge in [0.25, 0.3) is 11.6 Å². The van der Waals surface area contributed by atoms with Gasteiger partial charge in [0.2, 0.25) is 5.91 Å². The Morgan fingerprint density at radius 2 is 1.83 bits per heavy atom. The summed E-state index contributed by atoms with van der Waals surface area (Å²) in [4.78, 5) is 38.4. The molecule has 0 unspecified atom stereocenters. The lowest BCUT2D eigenvalue weighted by Crippen LogP contribution is -2.48. The monoisotopic (exact) mass is 420 g/mol. The van der Waals surface area contributed by atoms with Crippen molar-refractivity contribution in [3.63, 3.8) is 0 Å². The molecule has 152 valence electrons. The standard InChI is InChI=1S/C19H18ClFN4O4/c1-12(26)23-6-8-24(9-7-23)17-5-2-13(10-18(17)25(28)29)19(27)22-16-11-14(20)3-4-15(16)21/h2-5,10-11H,6-9H2,1H3,(H,22,27). The van der Waals surface area contributed by atoms with Crippen LogP contribution in [0, 0.1) is 15.9 Å². The maximum atomic E-state index is 13.8. The molecule has 10 heteroatoms. The van der Waals surface area contributed by atoms with Crippen molar-refractivity contribution >= 4 is 40.5 Å². The van der Waals surface area contributed by atoms with Crippen molar-refractivity contribution in [2.75, 3.05) is 36.4 Å². The van der Waals surface area contributed by atoms with Crippen molar-refractivity contribution in [3.8, 4) is 0 Å². The highest BCUT2D eigenvalue weighted by Gasteiger charge is 2.26. The van der Waals surface area contributed by atoms with Gasteiger partial charge in [0.05, 0.1) is 10.6 Å². The van der Waals surface area contributed by atoms with Gasteiger partial charge in [0.1, 0.15) is 11.5 Å². The molecule has 2 aromatic carbocycles. The Morgan fingerprint density at radius 3 is 2.45 bits per heavy atom. The summed E-state index contributed by atoms with van der Waals surface area (Å²) in [7, 11) is 0. The van der Waals surface area contributed by atoms with Gasteiger partial charge in [-0.3, -0.25) is 19.7 Å². The Kier molecular flexibility index (Phi) is 5.97. The number of piperazine rings is 1. The maximum absolute atomic E-state index is 13.8. The van der Waals surface area contributed by atoms with E-state index in [0.717, 1.165) is 12.1 Å². The molecule has 29 heavy (non-hydrogen) atoms. The second-order valence-corrected chi connectivity index (χ2v) is 6.97. The average Bonchev–Trinajstić information content (AvgIpc) is 2.70. The number of benzene rings is 2. The number of anilines is 2. The molecular formula is C19H18ClFN4O4. The van der Waals surface area contributed by atoms with Crippen LogP contribution in [0.2, 0.25) is 5.02 Å². The van der Waals surface area contributed by atoms with E-state index in [2.05, 4.69) is 5.32 Å². The third kappa shape index (κ3) is 4.62. The molecule has 3 rings (SSSR count). The van der Waals surface area contributed by atoms with Crippen LogP contribution in [0.1, 0.15) is 17.3 Å². The fourth-order valence-electron chi connectivity index (χ4n) is 3.13. The van der Waals surface area contributed by atoms with E-state index in [4.69, 9.17) is 11.6 Å². The molecule has 0 saturated carbocycles. The molecule has 1 saturated heterocycles. The lowest BCUT2D eigenvalue weighted by molar-refractivity contribution is -0.384. The summed E-state index contributed by atoms with van der Waals surface area (Å²) in [5, 5.41) is 14.2. The van der Waals surface area contributed by atoms with Gasteiger partial charge in [-0.25, -0.2) is 4.39 Å². The van der Waals surface area contributed by atoms with Crippen molar-refractivity contribution in [1.82, 2.24) is 4.90 Å². The summed E-state index contributed by atoms with van der Waals surface area (Å²) < 4.78 is 13.8. The van der Waals surface area contributed by atoms with Crippen LogP contribution >= 0.6 is 11.6 Å². The zero-order chi connectivity index (χ0) is 21.1. The summed E-state index contributed by atoms with van der Waals surface area (Å²) in [5.74, 6) is -1.40. The molecule has 0 bridgehead atoms. The first-order valence-electron chi connectivity index (χ1n) is 8.81. The Morgan fingerprint density at radius 1 is 1.14 bits per heavy atom. The van der Waals surface area contributed by atoms with Gasteiger partial charge < -0.3 is 15.1 Å². The Labute approximate surface area is 171 Å². The molecule has 1 aliphatic rings. The number of hydrogen-bond donors (Lipinski definition) is 1. The van der Waals surface area contributed by atoms with E-state index in [1.807, 2.05) is 0 Å². The van der Waals surface area contributed by atoms with Crippen LogP contribution < -0.4 is 10.2 Å². The first-order chi connectivity index (χ1) is 13.8. The average molecular weight is 421 g/mol. The van der Waals surface area contributed by atoms with Crippen molar-refractivity contribution in [2.24, 2.45) is 0 Å². The van der Waals surface area contributed by atoms with Crippen molar-refractivity contribution in [2.45, 2.75) is 6.92 Å². The minimum absolute atomic E-state index is 0.0159. The number of rotatable bonds is 4. The molecular weight excluding hydrogens is 403 g/mol. The molecule has 0 radical (unpaired) electrons. The zero-order valence-electron chi connectivity index (χ0n) is 15.5. The molecule has 2 aromatic rings. The topological polar surface area (TPSA) is 95.8 Å². The van der Waals surface area contributed by atoms with E-state index >= 15 is 0 Å². The quantitative estimate of drug-likeness (QED) is 0.604. The molecule has 0 spiro atoms. The smallest absolute Gasteiger partial charge is 0.293 e. The third-order valence-electron chi connectivity index (χ3n) is 4.68. The largest absolute Gasteiger partial charge is 0.362 e. The highest BCUT2D eigenvalue weighted by Crippen LogP contribution is 2.30. The number of nitrogens with one attached hydrogen (secondary N) is 1.